The van der Waals surface area contributed by atoms with E-state index in [1.807, 2.05) is 6.08 Å². The van der Waals surface area contributed by atoms with Crippen LogP contribution < -0.4 is 5.32 Å². The standard InChI is InChI=1S/C62H119NO5/c1-3-5-7-9-11-13-15-17-18-19-20-22-25-28-31-34-38-42-46-50-54-60(65)59(58-64)63-61(66)55-51-47-43-39-35-32-29-26-23-21-24-27-30-33-37-41-45-49-53-57-68-62(67)56-52-48-44-40-36-16-14-12-10-8-6-4-2/h12,14,50,54,59-60,64-65H,3-11,13,15-49,51-53,55-58H2,1-2H3,(H,63,66)/b14-12-,54-50+. The van der Waals surface area contributed by atoms with Crippen LogP contribution in [0.15, 0.2) is 24.3 Å². The molecule has 0 aromatic rings. The van der Waals surface area contributed by atoms with Gasteiger partial charge >= 0.3 is 5.97 Å². The molecule has 0 fully saturated rings. The molecule has 0 bridgehead atoms. The Morgan fingerprint density at radius 2 is 0.691 bits per heavy atom. The van der Waals surface area contributed by atoms with Gasteiger partial charge in [0.25, 0.3) is 0 Å². The first-order valence-electron chi connectivity index (χ1n) is 30.6. The molecule has 0 saturated carbocycles. The first-order chi connectivity index (χ1) is 33.5. The van der Waals surface area contributed by atoms with Gasteiger partial charge in [-0.1, -0.05) is 289 Å². The van der Waals surface area contributed by atoms with Gasteiger partial charge in [-0.3, -0.25) is 9.59 Å². The maximum Gasteiger partial charge on any atom is 0.305 e. The van der Waals surface area contributed by atoms with E-state index in [0.717, 1.165) is 44.9 Å². The third-order valence-electron chi connectivity index (χ3n) is 14.2. The largest absolute Gasteiger partial charge is 0.466 e. The minimum Gasteiger partial charge on any atom is -0.466 e. The van der Waals surface area contributed by atoms with Crippen molar-refractivity contribution in [2.45, 2.75) is 347 Å². The van der Waals surface area contributed by atoms with Gasteiger partial charge in [-0.15, -0.1) is 0 Å². The zero-order valence-electron chi connectivity index (χ0n) is 45.9. The van der Waals surface area contributed by atoms with E-state index in [2.05, 4.69) is 31.3 Å². The van der Waals surface area contributed by atoms with Crippen molar-refractivity contribution in [2.24, 2.45) is 0 Å². The van der Waals surface area contributed by atoms with E-state index in [1.54, 1.807) is 6.08 Å². The Bertz CT molecular complexity index is 1060. The number of nitrogens with one attached hydrogen (secondary N) is 1. The van der Waals surface area contributed by atoms with E-state index < -0.39 is 12.1 Å². The van der Waals surface area contributed by atoms with Gasteiger partial charge in [0.1, 0.15) is 0 Å². The molecule has 0 aliphatic rings. The molecule has 0 aromatic heterocycles. The fraction of sp³-hybridized carbons (Fsp3) is 0.903. The van der Waals surface area contributed by atoms with Crippen molar-refractivity contribution < 1.29 is 24.5 Å². The van der Waals surface area contributed by atoms with Gasteiger partial charge < -0.3 is 20.3 Å². The van der Waals surface area contributed by atoms with Crippen LogP contribution in [0.2, 0.25) is 0 Å². The molecule has 2 atom stereocenters. The SMILES string of the molecule is CCCCC/C=C\CCCCCCCC(=O)OCCCCCCCCCCCCCCCCCCCCCC(=O)NC(CO)C(O)/C=C/CCCCCCCCCCCCCCCCCCCC. The number of esters is 1. The predicted octanol–water partition coefficient (Wildman–Crippen LogP) is 19.0. The van der Waals surface area contributed by atoms with Crippen molar-refractivity contribution >= 4 is 11.9 Å². The summed E-state index contributed by atoms with van der Waals surface area (Å²) < 4.78 is 5.46. The van der Waals surface area contributed by atoms with Crippen molar-refractivity contribution in [3.05, 3.63) is 24.3 Å². The minimum absolute atomic E-state index is 0.00141. The lowest BCUT2D eigenvalue weighted by atomic mass is 10.0. The summed E-state index contributed by atoms with van der Waals surface area (Å²) in [7, 11) is 0. The average molecular weight is 959 g/mol. The van der Waals surface area contributed by atoms with Crippen molar-refractivity contribution in [1.29, 1.82) is 0 Å². The number of hydrogen-bond acceptors (Lipinski definition) is 5. The molecule has 3 N–H and O–H groups in total. The molecule has 0 spiro atoms. The zero-order chi connectivity index (χ0) is 49.3. The molecule has 0 radical (unpaired) electrons. The first kappa shape index (κ1) is 66.3. The Labute approximate surface area is 424 Å². The van der Waals surface area contributed by atoms with Crippen molar-refractivity contribution in [3.8, 4) is 0 Å². The second-order valence-corrected chi connectivity index (χ2v) is 21.0. The Morgan fingerprint density at radius 1 is 0.397 bits per heavy atom. The monoisotopic (exact) mass is 958 g/mol. The van der Waals surface area contributed by atoms with Gasteiger partial charge in [0.2, 0.25) is 5.91 Å². The van der Waals surface area contributed by atoms with Gasteiger partial charge in [-0.25, -0.2) is 0 Å². The molecular formula is C62H119NO5. The van der Waals surface area contributed by atoms with Crippen molar-refractivity contribution in [2.75, 3.05) is 13.2 Å². The summed E-state index contributed by atoms with van der Waals surface area (Å²) in [4.78, 5) is 24.5. The molecule has 6 heteroatoms. The van der Waals surface area contributed by atoms with Crippen molar-refractivity contribution in [1.82, 2.24) is 5.32 Å². The summed E-state index contributed by atoms with van der Waals surface area (Å²) in [5, 5.41) is 23.2. The zero-order valence-corrected chi connectivity index (χ0v) is 45.9. The Balaban J connectivity index is 3.44. The van der Waals surface area contributed by atoms with Crippen LogP contribution >= 0.6 is 0 Å². The highest BCUT2D eigenvalue weighted by molar-refractivity contribution is 5.76. The van der Waals surface area contributed by atoms with Gasteiger partial charge in [-0.2, -0.15) is 0 Å². The van der Waals surface area contributed by atoms with Crippen LogP contribution in [0.1, 0.15) is 335 Å². The van der Waals surface area contributed by atoms with E-state index in [0.29, 0.717) is 19.4 Å². The number of carbonyl (C=O) groups is 2. The van der Waals surface area contributed by atoms with E-state index in [9.17, 15) is 19.8 Å². The molecule has 6 nitrogen and oxygen atoms in total. The third-order valence-corrected chi connectivity index (χ3v) is 14.2. The summed E-state index contributed by atoms with van der Waals surface area (Å²) >= 11 is 0. The Hall–Kier alpha value is -1.66. The smallest absolute Gasteiger partial charge is 0.305 e. The molecule has 2 unspecified atom stereocenters. The highest BCUT2D eigenvalue weighted by Crippen LogP contribution is 2.18. The van der Waals surface area contributed by atoms with Crippen LogP contribution in [-0.2, 0) is 14.3 Å². The average Bonchev–Trinajstić information content (AvgIpc) is 3.34. The van der Waals surface area contributed by atoms with Crippen LogP contribution in [0, 0.1) is 0 Å². The highest BCUT2D eigenvalue weighted by atomic mass is 16.5. The van der Waals surface area contributed by atoms with Crippen LogP contribution in [-0.4, -0.2) is 47.4 Å². The lowest BCUT2D eigenvalue weighted by molar-refractivity contribution is -0.143. The number of hydrogen-bond donors (Lipinski definition) is 3. The van der Waals surface area contributed by atoms with E-state index in [-0.39, 0.29) is 18.5 Å². The fourth-order valence-electron chi connectivity index (χ4n) is 9.51. The Kier molecular flexibility index (Phi) is 56.5. The number of rotatable bonds is 57. The van der Waals surface area contributed by atoms with Crippen LogP contribution in [0.25, 0.3) is 0 Å². The molecule has 0 saturated heterocycles. The molecule has 402 valence electrons. The van der Waals surface area contributed by atoms with E-state index >= 15 is 0 Å². The molecule has 0 aliphatic carbocycles. The number of ether oxygens (including phenoxy) is 1. The van der Waals surface area contributed by atoms with Crippen molar-refractivity contribution in [3.63, 3.8) is 0 Å². The summed E-state index contributed by atoms with van der Waals surface area (Å²) in [6, 6.07) is -0.630. The predicted molar refractivity (Wildman–Crippen MR) is 296 cm³/mol. The van der Waals surface area contributed by atoms with Crippen LogP contribution in [0.4, 0.5) is 0 Å². The summed E-state index contributed by atoms with van der Waals surface area (Å²) in [6.45, 7) is 4.89. The summed E-state index contributed by atoms with van der Waals surface area (Å²) in [5.41, 5.74) is 0. The number of carbonyl (C=O) groups excluding carboxylic acids is 2. The van der Waals surface area contributed by atoms with E-state index in [1.165, 1.54) is 263 Å². The maximum atomic E-state index is 12.5. The minimum atomic E-state index is -0.847. The molecular weight excluding hydrogens is 839 g/mol. The number of aliphatic hydroxyl groups is 2. The summed E-state index contributed by atoms with van der Waals surface area (Å²) in [5.74, 6) is -0.0696. The van der Waals surface area contributed by atoms with E-state index in [4.69, 9.17) is 4.74 Å². The lowest BCUT2D eigenvalue weighted by Crippen LogP contribution is -2.45. The second kappa shape index (κ2) is 57.9. The third kappa shape index (κ3) is 53.7. The number of aliphatic hydroxyl groups excluding tert-OH is 2. The first-order valence-corrected chi connectivity index (χ1v) is 30.6. The van der Waals surface area contributed by atoms with Crippen LogP contribution in [0.5, 0.6) is 0 Å². The molecule has 0 aliphatic heterocycles. The second-order valence-electron chi connectivity index (χ2n) is 21.0. The number of amides is 1. The quantitative estimate of drug-likeness (QED) is 0.0321. The topological polar surface area (TPSA) is 95.9 Å². The molecule has 1 amide bonds. The number of allylic oxidation sites excluding steroid dienone is 3. The van der Waals surface area contributed by atoms with Gasteiger partial charge in [0.05, 0.1) is 25.4 Å². The number of unbranched alkanes of at least 4 members (excludes halogenated alkanes) is 44. The van der Waals surface area contributed by atoms with Gasteiger partial charge in [0, 0.05) is 12.8 Å². The lowest BCUT2D eigenvalue weighted by Gasteiger charge is -2.20. The fourth-order valence-corrected chi connectivity index (χ4v) is 9.51. The molecule has 0 heterocycles. The molecule has 0 rings (SSSR count). The highest BCUT2D eigenvalue weighted by Gasteiger charge is 2.18. The van der Waals surface area contributed by atoms with Gasteiger partial charge in [0.15, 0.2) is 0 Å². The van der Waals surface area contributed by atoms with Crippen LogP contribution in [0.3, 0.4) is 0 Å². The normalized spacial score (nSPS) is 12.7. The Morgan fingerprint density at radius 3 is 1.07 bits per heavy atom. The molecule has 68 heavy (non-hydrogen) atoms. The summed E-state index contributed by atoms with van der Waals surface area (Å²) in [6.07, 6.45) is 70.7. The molecule has 0 aromatic carbocycles. The van der Waals surface area contributed by atoms with Gasteiger partial charge in [-0.05, 0) is 57.8 Å². The maximum absolute atomic E-state index is 12.5.